The van der Waals surface area contributed by atoms with E-state index in [1.807, 2.05) is 31.2 Å². The Hall–Kier alpha value is -2.54. The van der Waals surface area contributed by atoms with Crippen LogP contribution in [0.15, 0.2) is 64.5 Å². The van der Waals surface area contributed by atoms with Crippen LogP contribution in [0.3, 0.4) is 0 Å². The first-order valence-corrected chi connectivity index (χ1v) is 10.1. The van der Waals surface area contributed by atoms with E-state index >= 15 is 0 Å². The van der Waals surface area contributed by atoms with Gasteiger partial charge in [-0.25, -0.2) is 8.42 Å². The number of nitrogens with zero attached hydrogens (tertiary/aromatic N) is 1. The van der Waals surface area contributed by atoms with Gasteiger partial charge in [0, 0.05) is 25.7 Å². The Bertz CT molecular complexity index is 821. The Morgan fingerprint density at radius 2 is 1.73 bits per heavy atom. The average Bonchev–Trinajstić information content (AvgIpc) is 2.66. The maximum atomic E-state index is 12.3. The van der Waals surface area contributed by atoms with E-state index in [-0.39, 0.29) is 12.3 Å². The molecule has 0 aliphatic rings. The fourth-order valence-corrected chi connectivity index (χ4v) is 3.57. The zero-order valence-corrected chi connectivity index (χ0v) is 15.9. The molecule has 0 spiro atoms. The second-order valence-corrected chi connectivity index (χ2v) is 7.63. The summed E-state index contributed by atoms with van der Waals surface area (Å²) in [7, 11) is -1.66. The van der Waals surface area contributed by atoms with Gasteiger partial charge in [-0.05, 0) is 25.1 Å². The van der Waals surface area contributed by atoms with Crippen LogP contribution >= 0.6 is 0 Å². The first-order chi connectivity index (χ1) is 12.6. The van der Waals surface area contributed by atoms with Gasteiger partial charge in [-0.15, -0.1) is 0 Å². The maximum absolute atomic E-state index is 12.3. The van der Waals surface area contributed by atoms with E-state index in [0.717, 1.165) is 11.3 Å². The van der Waals surface area contributed by atoms with Gasteiger partial charge < -0.3 is 15.4 Å². The summed E-state index contributed by atoms with van der Waals surface area (Å²) in [5, 5.41) is 6.21. The molecule has 0 bridgehead atoms. The van der Waals surface area contributed by atoms with E-state index in [9.17, 15) is 8.42 Å². The third kappa shape index (κ3) is 5.77. The summed E-state index contributed by atoms with van der Waals surface area (Å²) in [5.74, 6) is 1.36. The SMILES string of the molecule is CCOc1ccccc1CNC(=NC)NCCS(=O)(=O)c1ccccc1. The van der Waals surface area contributed by atoms with E-state index in [2.05, 4.69) is 15.6 Å². The largest absolute Gasteiger partial charge is 0.494 e. The highest BCUT2D eigenvalue weighted by molar-refractivity contribution is 7.91. The molecule has 0 aliphatic heterocycles. The van der Waals surface area contributed by atoms with Crippen LogP contribution in [-0.2, 0) is 16.4 Å². The van der Waals surface area contributed by atoms with E-state index in [1.54, 1.807) is 37.4 Å². The van der Waals surface area contributed by atoms with Crippen LogP contribution in [0, 0.1) is 0 Å². The number of guanidine groups is 1. The van der Waals surface area contributed by atoms with E-state index in [1.165, 1.54) is 0 Å². The Morgan fingerprint density at radius 3 is 2.42 bits per heavy atom. The minimum Gasteiger partial charge on any atom is -0.494 e. The van der Waals surface area contributed by atoms with Gasteiger partial charge >= 0.3 is 0 Å². The summed E-state index contributed by atoms with van der Waals surface area (Å²) in [6.07, 6.45) is 0. The van der Waals surface area contributed by atoms with E-state index in [0.29, 0.717) is 24.0 Å². The monoisotopic (exact) mass is 375 g/mol. The molecule has 0 saturated heterocycles. The lowest BCUT2D eigenvalue weighted by Gasteiger charge is -2.14. The molecule has 0 unspecified atom stereocenters. The standard InChI is InChI=1S/C19H25N3O3S/c1-3-25-18-12-8-7-9-16(18)15-22-19(20-2)21-13-14-26(23,24)17-10-5-4-6-11-17/h4-12H,3,13-15H2,1-2H3,(H2,20,21,22). The lowest BCUT2D eigenvalue weighted by atomic mass is 10.2. The highest BCUT2D eigenvalue weighted by atomic mass is 32.2. The predicted octanol–water partition coefficient (Wildman–Crippen LogP) is 2.22. The van der Waals surface area contributed by atoms with Gasteiger partial charge in [0.2, 0.25) is 0 Å². The van der Waals surface area contributed by atoms with Crippen molar-refractivity contribution in [1.82, 2.24) is 10.6 Å². The van der Waals surface area contributed by atoms with Crippen molar-refractivity contribution >= 4 is 15.8 Å². The maximum Gasteiger partial charge on any atom is 0.191 e. The molecule has 2 aromatic carbocycles. The second kappa shape index (κ2) is 9.82. The van der Waals surface area contributed by atoms with Gasteiger partial charge in [0.05, 0.1) is 17.3 Å². The predicted molar refractivity (Wildman–Crippen MR) is 104 cm³/mol. The van der Waals surface area contributed by atoms with Crippen molar-refractivity contribution in [2.45, 2.75) is 18.4 Å². The average molecular weight is 375 g/mol. The molecular weight excluding hydrogens is 350 g/mol. The van der Waals surface area contributed by atoms with Crippen molar-refractivity contribution in [2.24, 2.45) is 4.99 Å². The zero-order chi connectivity index (χ0) is 18.8. The van der Waals surface area contributed by atoms with Crippen LogP contribution in [0.1, 0.15) is 12.5 Å². The summed E-state index contributed by atoms with van der Waals surface area (Å²) in [6, 6.07) is 16.2. The third-order valence-electron chi connectivity index (χ3n) is 3.71. The lowest BCUT2D eigenvalue weighted by molar-refractivity contribution is 0.336. The van der Waals surface area contributed by atoms with Gasteiger partial charge in [-0.3, -0.25) is 4.99 Å². The minimum atomic E-state index is -3.31. The Balaban J connectivity index is 1.87. The summed E-state index contributed by atoms with van der Waals surface area (Å²) in [5.41, 5.74) is 1.01. The molecule has 0 amide bonds. The molecule has 0 heterocycles. The Morgan fingerprint density at radius 1 is 1.04 bits per heavy atom. The normalized spacial score (nSPS) is 11.8. The van der Waals surface area contributed by atoms with Crippen LogP contribution in [0.5, 0.6) is 5.75 Å². The number of rotatable bonds is 8. The fraction of sp³-hybridized carbons (Fsp3) is 0.316. The van der Waals surface area contributed by atoms with Crippen molar-refractivity contribution in [2.75, 3.05) is 26.0 Å². The molecular formula is C19H25N3O3S. The zero-order valence-electron chi connectivity index (χ0n) is 15.1. The molecule has 140 valence electrons. The van der Waals surface area contributed by atoms with Crippen molar-refractivity contribution in [1.29, 1.82) is 0 Å². The number of hydrogen-bond donors (Lipinski definition) is 2. The summed E-state index contributed by atoms with van der Waals surface area (Å²) in [4.78, 5) is 4.46. The molecule has 26 heavy (non-hydrogen) atoms. The number of benzene rings is 2. The smallest absolute Gasteiger partial charge is 0.191 e. The summed E-state index contributed by atoms with van der Waals surface area (Å²) in [6.45, 7) is 3.34. The first-order valence-electron chi connectivity index (χ1n) is 8.50. The number of hydrogen-bond acceptors (Lipinski definition) is 4. The molecule has 2 aromatic rings. The fourth-order valence-electron chi connectivity index (χ4n) is 2.40. The van der Waals surface area contributed by atoms with Crippen LogP contribution < -0.4 is 15.4 Å². The van der Waals surface area contributed by atoms with Crippen molar-refractivity contribution < 1.29 is 13.2 Å². The molecule has 2 N–H and O–H groups in total. The third-order valence-corrected chi connectivity index (χ3v) is 5.44. The number of ether oxygens (including phenoxy) is 1. The Kier molecular flexibility index (Phi) is 7.47. The number of para-hydroxylation sites is 1. The molecule has 0 atom stereocenters. The number of sulfone groups is 1. The quantitative estimate of drug-likeness (QED) is 0.546. The van der Waals surface area contributed by atoms with Crippen molar-refractivity contribution in [3.63, 3.8) is 0 Å². The van der Waals surface area contributed by atoms with Crippen LogP contribution in [0.4, 0.5) is 0 Å². The van der Waals surface area contributed by atoms with Crippen LogP contribution in [0.2, 0.25) is 0 Å². The Labute approximate surface area is 155 Å². The highest BCUT2D eigenvalue weighted by Gasteiger charge is 2.13. The molecule has 0 saturated carbocycles. The van der Waals surface area contributed by atoms with Crippen LogP contribution in [-0.4, -0.2) is 40.3 Å². The van der Waals surface area contributed by atoms with Gasteiger partial charge in [-0.1, -0.05) is 36.4 Å². The molecule has 6 nitrogen and oxygen atoms in total. The molecule has 0 radical (unpaired) electrons. The molecule has 0 aromatic heterocycles. The van der Waals surface area contributed by atoms with E-state index < -0.39 is 9.84 Å². The van der Waals surface area contributed by atoms with Gasteiger partial charge in [0.15, 0.2) is 15.8 Å². The number of nitrogens with one attached hydrogen (secondary N) is 2. The molecule has 2 rings (SSSR count). The van der Waals surface area contributed by atoms with Gasteiger partial charge in [0.25, 0.3) is 0 Å². The highest BCUT2D eigenvalue weighted by Crippen LogP contribution is 2.17. The van der Waals surface area contributed by atoms with Crippen LogP contribution in [0.25, 0.3) is 0 Å². The minimum absolute atomic E-state index is 0.00670. The summed E-state index contributed by atoms with van der Waals surface area (Å²) >= 11 is 0. The second-order valence-electron chi connectivity index (χ2n) is 5.53. The van der Waals surface area contributed by atoms with Crippen molar-refractivity contribution in [3.05, 3.63) is 60.2 Å². The summed E-state index contributed by atoms with van der Waals surface area (Å²) < 4.78 is 30.2. The first kappa shape index (κ1) is 19.8. The topological polar surface area (TPSA) is 79.8 Å². The van der Waals surface area contributed by atoms with Crippen molar-refractivity contribution in [3.8, 4) is 5.75 Å². The van der Waals surface area contributed by atoms with E-state index in [4.69, 9.17) is 4.74 Å². The number of aliphatic imine (C=N–C) groups is 1. The molecule has 7 heteroatoms. The lowest BCUT2D eigenvalue weighted by Crippen LogP contribution is -2.39. The van der Waals surface area contributed by atoms with Gasteiger partial charge in [0.1, 0.15) is 5.75 Å². The van der Waals surface area contributed by atoms with Gasteiger partial charge in [-0.2, -0.15) is 0 Å². The molecule has 0 fully saturated rings. The molecule has 0 aliphatic carbocycles.